The van der Waals surface area contributed by atoms with E-state index in [1.165, 1.54) is 17.4 Å². The second kappa shape index (κ2) is 9.39. The van der Waals surface area contributed by atoms with E-state index in [-0.39, 0.29) is 18.4 Å². The summed E-state index contributed by atoms with van der Waals surface area (Å²) in [7, 11) is 0. The van der Waals surface area contributed by atoms with E-state index in [0.29, 0.717) is 17.2 Å². The number of rotatable bonds is 7. The summed E-state index contributed by atoms with van der Waals surface area (Å²) in [6.45, 7) is 1.96. The highest BCUT2D eigenvalue weighted by Gasteiger charge is 2.08. The van der Waals surface area contributed by atoms with Gasteiger partial charge in [-0.05, 0) is 42.1 Å². The van der Waals surface area contributed by atoms with Crippen molar-refractivity contribution in [3.63, 3.8) is 0 Å². The van der Waals surface area contributed by atoms with Crippen LogP contribution in [0.1, 0.15) is 22.2 Å². The van der Waals surface area contributed by atoms with Gasteiger partial charge in [0, 0.05) is 11.8 Å². The number of esters is 1. The molecule has 130 valence electrons. The average Bonchev–Trinajstić information content (AvgIpc) is 3.14. The summed E-state index contributed by atoms with van der Waals surface area (Å²) in [4.78, 5) is 35.4. The summed E-state index contributed by atoms with van der Waals surface area (Å²) >= 11 is 1.31. The summed E-state index contributed by atoms with van der Waals surface area (Å²) in [5.74, 6) is -0.995. The molecule has 2 amide bonds. The summed E-state index contributed by atoms with van der Waals surface area (Å²) in [5, 5.41) is 7.05. The van der Waals surface area contributed by atoms with Gasteiger partial charge in [-0.15, -0.1) is 11.3 Å². The van der Waals surface area contributed by atoms with Crippen LogP contribution in [0.5, 0.6) is 0 Å². The second-order valence-corrected chi connectivity index (χ2v) is 5.86. The van der Waals surface area contributed by atoms with Crippen molar-refractivity contribution < 1.29 is 19.1 Å². The first-order valence-corrected chi connectivity index (χ1v) is 8.53. The molecule has 0 spiro atoms. The molecule has 1 heterocycles. The Bertz CT molecular complexity index is 752. The molecule has 0 aliphatic heterocycles. The van der Waals surface area contributed by atoms with Crippen LogP contribution in [0.4, 0.5) is 5.69 Å². The van der Waals surface area contributed by atoms with Gasteiger partial charge in [0.1, 0.15) is 0 Å². The zero-order chi connectivity index (χ0) is 18.1. The maximum atomic E-state index is 11.9. The quantitative estimate of drug-likeness (QED) is 0.589. The molecule has 0 fully saturated rings. The van der Waals surface area contributed by atoms with E-state index in [0.717, 1.165) is 5.56 Å². The lowest BCUT2D eigenvalue weighted by molar-refractivity contribution is -0.137. The number of hydrogen-bond donors (Lipinski definition) is 2. The Morgan fingerprint density at radius 1 is 1.16 bits per heavy atom. The van der Waals surface area contributed by atoms with Gasteiger partial charge in [0.25, 0.3) is 5.91 Å². The fourth-order valence-electron chi connectivity index (χ4n) is 1.89. The molecule has 6 nitrogen and oxygen atoms in total. The van der Waals surface area contributed by atoms with Gasteiger partial charge >= 0.3 is 5.97 Å². The minimum absolute atomic E-state index is 0.110. The van der Waals surface area contributed by atoms with Crippen molar-refractivity contribution >= 4 is 40.9 Å². The minimum Gasteiger partial charge on any atom is -0.463 e. The number of carbonyl (C=O) groups is 3. The Kier molecular flexibility index (Phi) is 6.91. The normalized spacial score (nSPS) is 10.4. The van der Waals surface area contributed by atoms with Crippen LogP contribution in [0.25, 0.3) is 6.08 Å². The highest BCUT2D eigenvalue weighted by Crippen LogP contribution is 2.11. The lowest BCUT2D eigenvalue weighted by atomic mass is 10.2. The van der Waals surface area contributed by atoms with Crippen LogP contribution >= 0.6 is 11.3 Å². The van der Waals surface area contributed by atoms with E-state index in [2.05, 4.69) is 10.6 Å². The number of ether oxygens (including phenoxy) is 1. The number of amides is 2. The maximum Gasteiger partial charge on any atom is 0.330 e. The molecule has 2 rings (SSSR count). The van der Waals surface area contributed by atoms with Crippen LogP contribution < -0.4 is 10.6 Å². The van der Waals surface area contributed by atoms with Gasteiger partial charge in [0.15, 0.2) is 0 Å². The van der Waals surface area contributed by atoms with E-state index < -0.39 is 5.97 Å². The summed E-state index contributed by atoms with van der Waals surface area (Å²) < 4.78 is 4.80. The Morgan fingerprint density at radius 2 is 1.92 bits per heavy atom. The van der Waals surface area contributed by atoms with Crippen LogP contribution in [-0.4, -0.2) is 30.9 Å². The van der Waals surface area contributed by atoms with Crippen molar-refractivity contribution in [2.75, 3.05) is 18.5 Å². The molecule has 0 aliphatic rings. The molecular formula is C18H18N2O4S. The largest absolute Gasteiger partial charge is 0.463 e. The summed E-state index contributed by atoms with van der Waals surface area (Å²) in [5.41, 5.74) is 1.40. The van der Waals surface area contributed by atoms with Crippen LogP contribution in [0.2, 0.25) is 0 Å². The standard InChI is InChI=1S/C18H18N2O4S/c1-2-24-17(22)10-7-13-5-8-14(9-6-13)20-16(21)12-19-18(23)15-4-3-11-25-15/h3-11H,2,12H2,1H3,(H,19,23)(H,20,21)/b10-7+. The highest BCUT2D eigenvalue weighted by atomic mass is 32.1. The Hall–Kier alpha value is -2.93. The number of nitrogens with one attached hydrogen (secondary N) is 2. The van der Waals surface area contributed by atoms with Crippen LogP contribution in [0.3, 0.4) is 0 Å². The van der Waals surface area contributed by atoms with Crippen molar-refractivity contribution in [2.24, 2.45) is 0 Å². The first-order chi connectivity index (χ1) is 12.1. The van der Waals surface area contributed by atoms with Crippen molar-refractivity contribution in [3.8, 4) is 0 Å². The van der Waals surface area contributed by atoms with Crippen LogP contribution in [-0.2, 0) is 14.3 Å². The van der Waals surface area contributed by atoms with E-state index in [1.807, 2.05) is 0 Å². The van der Waals surface area contributed by atoms with Gasteiger partial charge in [-0.3, -0.25) is 9.59 Å². The van der Waals surface area contributed by atoms with Gasteiger partial charge in [-0.1, -0.05) is 18.2 Å². The predicted molar refractivity (Wildman–Crippen MR) is 97.4 cm³/mol. The smallest absolute Gasteiger partial charge is 0.330 e. The van der Waals surface area contributed by atoms with Gasteiger partial charge in [0.05, 0.1) is 18.0 Å². The van der Waals surface area contributed by atoms with Gasteiger partial charge in [0.2, 0.25) is 5.91 Å². The van der Waals surface area contributed by atoms with Crippen molar-refractivity contribution in [1.29, 1.82) is 0 Å². The van der Waals surface area contributed by atoms with Gasteiger partial charge in [-0.2, -0.15) is 0 Å². The van der Waals surface area contributed by atoms with Gasteiger partial charge in [-0.25, -0.2) is 4.79 Å². The van der Waals surface area contributed by atoms with Crippen LogP contribution in [0.15, 0.2) is 47.9 Å². The molecule has 25 heavy (non-hydrogen) atoms. The van der Waals surface area contributed by atoms with Crippen LogP contribution in [0, 0.1) is 0 Å². The van der Waals surface area contributed by atoms with E-state index in [4.69, 9.17) is 4.74 Å². The molecule has 0 bridgehead atoms. The van der Waals surface area contributed by atoms with E-state index >= 15 is 0 Å². The molecule has 1 aromatic heterocycles. The van der Waals surface area contributed by atoms with Crippen molar-refractivity contribution in [3.05, 3.63) is 58.3 Å². The summed E-state index contributed by atoms with van der Waals surface area (Å²) in [6, 6.07) is 10.4. The highest BCUT2D eigenvalue weighted by molar-refractivity contribution is 7.12. The topological polar surface area (TPSA) is 84.5 Å². The fraction of sp³-hybridized carbons (Fsp3) is 0.167. The molecular weight excluding hydrogens is 340 g/mol. The molecule has 2 aromatic rings. The molecule has 0 saturated heterocycles. The predicted octanol–water partition coefficient (Wildman–Crippen LogP) is 2.69. The third kappa shape index (κ3) is 6.23. The van der Waals surface area contributed by atoms with Gasteiger partial charge < -0.3 is 15.4 Å². The zero-order valence-corrected chi connectivity index (χ0v) is 14.5. The first kappa shape index (κ1) is 18.4. The minimum atomic E-state index is -0.402. The molecule has 0 aliphatic carbocycles. The number of benzene rings is 1. The lowest BCUT2D eigenvalue weighted by Gasteiger charge is -2.06. The average molecular weight is 358 g/mol. The molecule has 2 N–H and O–H groups in total. The Morgan fingerprint density at radius 3 is 2.56 bits per heavy atom. The Labute approximate surface area is 149 Å². The Balaban J connectivity index is 1.81. The molecule has 0 unspecified atom stereocenters. The lowest BCUT2D eigenvalue weighted by Crippen LogP contribution is -2.32. The molecule has 1 aromatic carbocycles. The van der Waals surface area contributed by atoms with E-state index in [1.54, 1.807) is 54.8 Å². The second-order valence-electron chi connectivity index (χ2n) is 4.92. The number of anilines is 1. The zero-order valence-electron chi connectivity index (χ0n) is 13.7. The third-order valence-electron chi connectivity index (χ3n) is 3.05. The molecule has 0 atom stereocenters. The maximum absolute atomic E-state index is 11.9. The van der Waals surface area contributed by atoms with Crippen molar-refractivity contribution in [1.82, 2.24) is 5.32 Å². The monoisotopic (exact) mass is 358 g/mol. The molecule has 0 radical (unpaired) electrons. The SMILES string of the molecule is CCOC(=O)/C=C/c1ccc(NC(=O)CNC(=O)c2cccs2)cc1. The molecule has 0 saturated carbocycles. The third-order valence-corrected chi connectivity index (χ3v) is 3.92. The first-order valence-electron chi connectivity index (χ1n) is 7.65. The number of carbonyl (C=O) groups excluding carboxylic acids is 3. The van der Waals surface area contributed by atoms with E-state index in [9.17, 15) is 14.4 Å². The fourth-order valence-corrected chi connectivity index (χ4v) is 2.53. The summed E-state index contributed by atoms with van der Waals surface area (Å²) in [6.07, 6.45) is 2.97. The van der Waals surface area contributed by atoms with Crippen molar-refractivity contribution in [2.45, 2.75) is 6.92 Å². The number of thiophene rings is 1. The number of hydrogen-bond acceptors (Lipinski definition) is 5. The molecule has 7 heteroatoms.